The van der Waals surface area contributed by atoms with Crippen molar-refractivity contribution in [1.29, 1.82) is 0 Å². The summed E-state index contributed by atoms with van der Waals surface area (Å²) in [6.45, 7) is 4.29. The van der Waals surface area contributed by atoms with E-state index in [1.165, 1.54) is 7.11 Å². The number of carbonyl (C=O) groups excluding carboxylic acids is 1. The van der Waals surface area contributed by atoms with E-state index in [4.69, 9.17) is 10.5 Å². The fourth-order valence-corrected chi connectivity index (χ4v) is 3.35. The molecule has 0 amide bonds. The molecular formula is C10H17NO2. The van der Waals surface area contributed by atoms with Crippen LogP contribution in [0.2, 0.25) is 0 Å². The van der Waals surface area contributed by atoms with Crippen LogP contribution in [0.3, 0.4) is 0 Å². The van der Waals surface area contributed by atoms with Gasteiger partial charge in [-0.15, -0.1) is 0 Å². The lowest BCUT2D eigenvalue weighted by Gasteiger charge is -2.79. The molecule has 3 heteroatoms. The van der Waals surface area contributed by atoms with Crippen LogP contribution in [-0.4, -0.2) is 18.6 Å². The van der Waals surface area contributed by atoms with E-state index in [1.54, 1.807) is 0 Å². The van der Waals surface area contributed by atoms with Gasteiger partial charge in [0.15, 0.2) is 0 Å². The minimum atomic E-state index is -0.0968. The van der Waals surface area contributed by atoms with Crippen LogP contribution in [0.25, 0.3) is 0 Å². The Hall–Kier alpha value is -0.570. The van der Waals surface area contributed by atoms with E-state index < -0.39 is 0 Å². The van der Waals surface area contributed by atoms with Crippen molar-refractivity contribution in [2.24, 2.45) is 23.0 Å². The minimum Gasteiger partial charge on any atom is -0.469 e. The summed E-state index contributed by atoms with van der Waals surface area (Å²) < 4.78 is 4.70. The van der Waals surface area contributed by atoms with Crippen LogP contribution in [0.1, 0.15) is 26.7 Å². The number of rotatable bonds is 2. The van der Waals surface area contributed by atoms with Crippen molar-refractivity contribution in [2.45, 2.75) is 32.2 Å². The van der Waals surface area contributed by atoms with Crippen LogP contribution < -0.4 is 5.73 Å². The third-order valence-electron chi connectivity index (χ3n) is 4.67. The zero-order chi connectivity index (χ0) is 9.85. The Kier molecular flexibility index (Phi) is 1.57. The zero-order valence-corrected chi connectivity index (χ0v) is 8.46. The van der Waals surface area contributed by atoms with Gasteiger partial charge in [0.25, 0.3) is 0 Å². The van der Waals surface area contributed by atoms with Gasteiger partial charge in [-0.2, -0.15) is 0 Å². The van der Waals surface area contributed by atoms with Crippen LogP contribution in [0.15, 0.2) is 0 Å². The number of methoxy groups -OCH3 is 1. The molecular weight excluding hydrogens is 166 g/mol. The van der Waals surface area contributed by atoms with Crippen LogP contribution in [0.4, 0.5) is 0 Å². The van der Waals surface area contributed by atoms with Crippen LogP contribution in [0, 0.1) is 17.3 Å². The molecule has 0 aromatic heterocycles. The Bertz CT molecular complexity index is 252. The first-order valence-corrected chi connectivity index (χ1v) is 4.83. The molecule has 3 aliphatic rings. The summed E-state index contributed by atoms with van der Waals surface area (Å²) in [4.78, 5) is 11.2. The Morgan fingerprint density at radius 1 is 1.54 bits per heavy atom. The second-order valence-corrected chi connectivity index (χ2v) is 4.72. The molecule has 0 aromatic rings. The third-order valence-corrected chi connectivity index (χ3v) is 4.67. The van der Waals surface area contributed by atoms with E-state index in [-0.39, 0.29) is 16.9 Å². The molecule has 0 aromatic carbocycles. The van der Waals surface area contributed by atoms with E-state index in [0.29, 0.717) is 18.3 Å². The second kappa shape index (κ2) is 2.27. The van der Waals surface area contributed by atoms with Crippen molar-refractivity contribution >= 4 is 5.97 Å². The van der Waals surface area contributed by atoms with Crippen molar-refractivity contribution in [3.8, 4) is 0 Å². The Morgan fingerprint density at radius 3 is 2.46 bits per heavy atom. The van der Waals surface area contributed by atoms with Gasteiger partial charge < -0.3 is 10.5 Å². The molecule has 3 rings (SSSR count). The maximum Gasteiger partial charge on any atom is 0.306 e. The SMILES string of the molecule is COC(=O)CC12CC(N)([C@H]1C)[C@H]2C. The van der Waals surface area contributed by atoms with Gasteiger partial charge in [0.1, 0.15) is 0 Å². The van der Waals surface area contributed by atoms with Gasteiger partial charge in [-0.25, -0.2) is 0 Å². The highest BCUT2D eigenvalue weighted by molar-refractivity contribution is 5.71. The maximum absolute atomic E-state index is 11.2. The van der Waals surface area contributed by atoms with E-state index in [2.05, 4.69) is 13.8 Å². The number of ether oxygens (including phenoxy) is 1. The summed E-state index contributed by atoms with van der Waals surface area (Å²) in [7, 11) is 1.45. The van der Waals surface area contributed by atoms with Gasteiger partial charge in [0.2, 0.25) is 0 Å². The lowest BCUT2D eigenvalue weighted by molar-refractivity contribution is -0.267. The molecule has 2 atom stereocenters. The van der Waals surface area contributed by atoms with Crippen LogP contribution >= 0.6 is 0 Å². The molecule has 3 aliphatic carbocycles. The molecule has 3 saturated carbocycles. The standard InChI is InChI=1S/C10H17NO2/c1-6-9(4-8(12)13-3)5-10(6,11)7(9)2/h6-7H,4-5,11H2,1-3H3/t6-,7-,9?,10?/m0/s1. The summed E-state index contributed by atoms with van der Waals surface area (Å²) >= 11 is 0. The van der Waals surface area contributed by atoms with Crippen molar-refractivity contribution in [3.63, 3.8) is 0 Å². The Balaban J connectivity index is 2.05. The number of carbonyl (C=O) groups is 1. The molecule has 0 saturated heterocycles. The largest absolute Gasteiger partial charge is 0.469 e. The molecule has 0 aliphatic heterocycles. The van der Waals surface area contributed by atoms with Gasteiger partial charge in [0.05, 0.1) is 13.5 Å². The van der Waals surface area contributed by atoms with E-state index in [9.17, 15) is 4.79 Å². The van der Waals surface area contributed by atoms with Crippen molar-refractivity contribution < 1.29 is 9.53 Å². The molecule has 74 valence electrons. The number of hydrogen-bond donors (Lipinski definition) is 1. The van der Waals surface area contributed by atoms with Crippen LogP contribution in [0.5, 0.6) is 0 Å². The monoisotopic (exact) mass is 183 g/mol. The summed E-state index contributed by atoms with van der Waals surface area (Å²) in [6.07, 6.45) is 1.54. The number of esters is 1. The zero-order valence-electron chi connectivity index (χ0n) is 8.46. The summed E-state index contributed by atoms with van der Waals surface area (Å²) in [5, 5.41) is 0. The topological polar surface area (TPSA) is 52.3 Å². The third kappa shape index (κ3) is 0.766. The molecule has 2 bridgehead atoms. The summed E-state index contributed by atoms with van der Waals surface area (Å²) in [5.74, 6) is 0.864. The maximum atomic E-state index is 11.2. The average Bonchev–Trinajstić information content (AvgIpc) is 2.16. The summed E-state index contributed by atoms with van der Waals surface area (Å²) in [6, 6.07) is 0. The lowest BCUT2D eigenvalue weighted by atomic mass is 9.27. The van der Waals surface area contributed by atoms with Gasteiger partial charge in [-0.05, 0) is 23.7 Å². The van der Waals surface area contributed by atoms with E-state index in [0.717, 1.165) is 6.42 Å². The quantitative estimate of drug-likeness (QED) is 0.648. The molecule has 3 fully saturated rings. The van der Waals surface area contributed by atoms with E-state index >= 15 is 0 Å². The highest BCUT2D eigenvalue weighted by atomic mass is 16.5. The smallest absolute Gasteiger partial charge is 0.306 e. The molecule has 0 heterocycles. The van der Waals surface area contributed by atoms with Gasteiger partial charge in [0, 0.05) is 5.54 Å². The number of hydrogen-bond acceptors (Lipinski definition) is 3. The summed E-state index contributed by atoms with van der Waals surface area (Å²) in [5.41, 5.74) is 6.32. The van der Waals surface area contributed by atoms with Gasteiger partial charge in [-0.1, -0.05) is 13.8 Å². The first kappa shape index (κ1) is 9.00. The van der Waals surface area contributed by atoms with E-state index in [1.807, 2.05) is 0 Å². The Morgan fingerprint density at radius 2 is 2.08 bits per heavy atom. The highest BCUT2D eigenvalue weighted by Crippen LogP contribution is 2.75. The highest BCUT2D eigenvalue weighted by Gasteiger charge is 2.77. The lowest BCUT2D eigenvalue weighted by Crippen LogP contribution is -2.85. The average molecular weight is 183 g/mol. The molecule has 0 unspecified atom stereocenters. The van der Waals surface area contributed by atoms with Crippen molar-refractivity contribution in [2.75, 3.05) is 7.11 Å². The fourth-order valence-electron chi connectivity index (χ4n) is 3.35. The van der Waals surface area contributed by atoms with Gasteiger partial charge in [-0.3, -0.25) is 4.79 Å². The molecule has 2 N–H and O–H groups in total. The molecule has 13 heavy (non-hydrogen) atoms. The van der Waals surface area contributed by atoms with Crippen molar-refractivity contribution in [3.05, 3.63) is 0 Å². The van der Waals surface area contributed by atoms with Crippen molar-refractivity contribution in [1.82, 2.24) is 0 Å². The predicted octanol–water partition coefficient (Wildman–Crippen LogP) is 0.923. The first-order valence-electron chi connectivity index (χ1n) is 4.83. The Labute approximate surface area is 78.6 Å². The first-order chi connectivity index (χ1) is 5.97. The predicted molar refractivity (Wildman–Crippen MR) is 48.9 cm³/mol. The molecule has 0 radical (unpaired) electrons. The molecule has 0 spiro atoms. The molecule has 3 nitrogen and oxygen atoms in total. The fraction of sp³-hybridized carbons (Fsp3) is 0.900. The minimum absolute atomic E-state index is 0.0218. The second-order valence-electron chi connectivity index (χ2n) is 4.72. The van der Waals surface area contributed by atoms with Crippen LogP contribution in [-0.2, 0) is 9.53 Å². The van der Waals surface area contributed by atoms with Gasteiger partial charge >= 0.3 is 5.97 Å². The number of nitrogens with two attached hydrogens (primary N) is 1. The normalized spacial score (nSPS) is 52.0.